The molecule has 0 saturated carbocycles. The van der Waals surface area contributed by atoms with Crippen molar-refractivity contribution in [2.75, 3.05) is 6.54 Å². The summed E-state index contributed by atoms with van der Waals surface area (Å²) in [4.78, 5) is 0. The van der Waals surface area contributed by atoms with E-state index in [1.165, 1.54) is 5.56 Å². The molecule has 2 N–H and O–H groups in total. The van der Waals surface area contributed by atoms with E-state index in [1.54, 1.807) is 0 Å². The number of ether oxygens (including phenoxy) is 1. The van der Waals surface area contributed by atoms with E-state index < -0.39 is 0 Å². The number of hydrogen-bond acceptors (Lipinski definition) is 2. The van der Waals surface area contributed by atoms with E-state index in [4.69, 9.17) is 22.1 Å². The molecule has 0 aromatic heterocycles. The van der Waals surface area contributed by atoms with Gasteiger partial charge in [-0.2, -0.15) is 0 Å². The van der Waals surface area contributed by atoms with Crippen LogP contribution in [0.4, 0.5) is 0 Å². The monoisotopic (exact) mass is 289 g/mol. The summed E-state index contributed by atoms with van der Waals surface area (Å²) in [5, 5.41) is 0.617. The fraction of sp³-hybridized carbons (Fsp3) is 0.294. The Morgan fingerprint density at radius 1 is 1.15 bits per heavy atom. The van der Waals surface area contributed by atoms with E-state index in [0.717, 1.165) is 17.7 Å². The summed E-state index contributed by atoms with van der Waals surface area (Å²) < 4.78 is 5.87. The van der Waals surface area contributed by atoms with Gasteiger partial charge in [-0.05, 0) is 54.3 Å². The molecule has 0 aliphatic rings. The average Bonchev–Trinajstić information content (AvgIpc) is 2.42. The molecule has 2 rings (SSSR count). The Hall–Kier alpha value is -1.51. The van der Waals surface area contributed by atoms with E-state index in [-0.39, 0.29) is 0 Å². The van der Waals surface area contributed by atoms with Gasteiger partial charge in [0.05, 0.1) is 5.02 Å². The maximum Gasteiger partial charge on any atom is 0.146 e. The Bertz CT molecular complexity index is 581. The molecule has 0 bridgehead atoms. The van der Waals surface area contributed by atoms with Crippen molar-refractivity contribution in [1.29, 1.82) is 0 Å². The molecular weight excluding hydrogens is 270 g/mol. The van der Waals surface area contributed by atoms with Gasteiger partial charge in [0.25, 0.3) is 0 Å². The van der Waals surface area contributed by atoms with Gasteiger partial charge in [-0.1, -0.05) is 43.6 Å². The molecule has 3 heteroatoms. The molecule has 2 aromatic rings. The van der Waals surface area contributed by atoms with Crippen molar-refractivity contribution in [2.45, 2.75) is 26.2 Å². The van der Waals surface area contributed by atoms with E-state index in [2.05, 4.69) is 26.0 Å². The molecular formula is C17H20ClNO. The Kier molecular flexibility index (Phi) is 5.05. The first-order valence-corrected chi connectivity index (χ1v) is 7.24. The van der Waals surface area contributed by atoms with Crippen LogP contribution in [0.5, 0.6) is 11.5 Å². The van der Waals surface area contributed by atoms with Crippen LogP contribution in [0.25, 0.3) is 0 Å². The molecule has 2 aromatic carbocycles. The lowest BCUT2D eigenvalue weighted by molar-refractivity contribution is 0.481. The van der Waals surface area contributed by atoms with Gasteiger partial charge in [0, 0.05) is 0 Å². The molecule has 0 atom stereocenters. The molecule has 0 fully saturated rings. The molecule has 106 valence electrons. The van der Waals surface area contributed by atoms with Crippen LogP contribution in [0, 0.1) is 0 Å². The van der Waals surface area contributed by atoms with E-state index in [1.807, 2.05) is 30.3 Å². The summed E-state index contributed by atoms with van der Waals surface area (Å²) in [6.07, 6.45) is 0.822. The highest BCUT2D eigenvalue weighted by Gasteiger charge is 2.06. The van der Waals surface area contributed by atoms with Gasteiger partial charge in [0.2, 0.25) is 0 Å². The Morgan fingerprint density at radius 2 is 1.95 bits per heavy atom. The third-order valence-electron chi connectivity index (χ3n) is 3.18. The molecule has 0 radical (unpaired) electrons. The second kappa shape index (κ2) is 6.78. The third-order valence-corrected chi connectivity index (χ3v) is 3.48. The highest BCUT2D eigenvalue weighted by atomic mass is 35.5. The zero-order valence-corrected chi connectivity index (χ0v) is 12.7. The van der Waals surface area contributed by atoms with Gasteiger partial charge in [0.1, 0.15) is 11.5 Å². The van der Waals surface area contributed by atoms with Crippen LogP contribution in [0.3, 0.4) is 0 Å². The lowest BCUT2D eigenvalue weighted by Crippen LogP contribution is -2.02. The van der Waals surface area contributed by atoms with Crippen molar-refractivity contribution in [3.05, 3.63) is 58.6 Å². The number of hydrogen-bond donors (Lipinski definition) is 1. The molecule has 20 heavy (non-hydrogen) atoms. The van der Waals surface area contributed by atoms with Crippen LogP contribution >= 0.6 is 11.6 Å². The summed E-state index contributed by atoms with van der Waals surface area (Å²) in [5.74, 6) is 1.96. The summed E-state index contributed by atoms with van der Waals surface area (Å²) >= 11 is 6.25. The second-order valence-electron chi connectivity index (χ2n) is 5.13. The SMILES string of the molecule is CC(C)c1cccc(Oc2ccc(CCN)cc2Cl)c1. The smallest absolute Gasteiger partial charge is 0.146 e. The first-order chi connectivity index (χ1) is 9.60. The van der Waals surface area contributed by atoms with Gasteiger partial charge in [-0.3, -0.25) is 0 Å². The standard InChI is InChI=1S/C17H20ClNO/c1-12(2)14-4-3-5-15(11-14)20-17-7-6-13(8-9-19)10-16(17)18/h3-7,10-12H,8-9,19H2,1-2H3. The van der Waals surface area contributed by atoms with E-state index in [0.29, 0.717) is 23.2 Å². The van der Waals surface area contributed by atoms with Crippen LogP contribution in [-0.2, 0) is 6.42 Å². The molecule has 0 unspecified atom stereocenters. The molecule has 0 heterocycles. The molecule has 2 nitrogen and oxygen atoms in total. The van der Waals surface area contributed by atoms with Crippen LogP contribution in [0.15, 0.2) is 42.5 Å². The van der Waals surface area contributed by atoms with Crippen molar-refractivity contribution >= 4 is 11.6 Å². The zero-order valence-electron chi connectivity index (χ0n) is 11.9. The maximum atomic E-state index is 6.25. The van der Waals surface area contributed by atoms with Crippen molar-refractivity contribution in [1.82, 2.24) is 0 Å². The topological polar surface area (TPSA) is 35.2 Å². The largest absolute Gasteiger partial charge is 0.456 e. The van der Waals surface area contributed by atoms with Crippen molar-refractivity contribution in [2.24, 2.45) is 5.73 Å². The molecule has 0 amide bonds. The van der Waals surface area contributed by atoms with Crippen molar-refractivity contribution in [3.63, 3.8) is 0 Å². The summed E-state index contributed by atoms with van der Waals surface area (Å²) in [7, 11) is 0. The minimum Gasteiger partial charge on any atom is -0.456 e. The Morgan fingerprint density at radius 3 is 2.60 bits per heavy atom. The molecule has 0 spiro atoms. The normalized spacial score (nSPS) is 10.8. The summed E-state index contributed by atoms with van der Waals surface area (Å²) in [5.41, 5.74) is 7.92. The lowest BCUT2D eigenvalue weighted by atomic mass is 10.0. The number of rotatable bonds is 5. The zero-order chi connectivity index (χ0) is 14.5. The maximum absolute atomic E-state index is 6.25. The van der Waals surface area contributed by atoms with Gasteiger partial charge >= 0.3 is 0 Å². The fourth-order valence-electron chi connectivity index (χ4n) is 2.01. The van der Waals surface area contributed by atoms with Crippen molar-refractivity contribution in [3.8, 4) is 11.5 Å². The summed E-state index contributed by atoms with van der Waals surface area (Å²) in [6, 6.07) is 13.9. The lowest BCUT2D eigenvalue weighted by Gasteiger charge is -2.11. The van der Waals surface area contributed by atoms with Crippen LogP contribution in [0.1, 0.15) is 30.9 Å². The minimum atomic E-state index is 0.473. The van der Waals surface area contributed by atoms with Gasteiger partial charge in [-0.15, -0.1) is 0 Å². The molecule has 0 aliphatic carbocycles. The first kappa shape index (κ1) is 14.9. The minimum absolute atomic E-state index is 0.473. The second-order valence-corrected chi connectivity index (χ2v) is 5.54. The first-order valence-electron chi connectivity index (χ1n) is 6.86. The fourth-order valence-corrected chi connectivity index (χ4v) is 2.26. The van der Waals surface area contributed by atoms with Gasteiger partial charge in [-0.25, -0.2) is 0 Å². The predicted octanol–water partition coefficient (Wildman–Crippen LogP) is 4.76. The van der Waals surface area contributed by atoms with Gasteiger partial charge in [0.15, 0.2) is 0 Å². The van der Waals surface area contributed by atoms with Crippen molar-refractivity contribution < 1.29 is 4.74 Å². The number of nitrogens with two attached hydrogens (primary N) is 1. The highest BCUT2D eigenvalue weighted by Crippen LogP contribution is 2.31. The molecule has 0 saturated heterocycles. The van der Waals surface area contributed by atoms with Crippen LogP contribution < -0.4 is 10.5 Å². The molecule has 0 aliphatic heterocycles. The summed E-state index contributed by atoms with van der Waals surface area (Å²) in [6.45, 7) is 4.94. The van der Waals surface area contributed by atoms with Crippen LogP contribution in [-0.4, -0.2) is 6.54 Å². The Balaban J connectivity index is 2.19. The van der Waals surface area contributed by atoms with E-state index in [9.17, 15) is 0 Å². The number of halogens is 1. The van der Waals surface area contributed by atoms with Gasteiger partial charge < -0.3 is 10.5 Å². The number of benzene rings is 2. The quantitative estimate of drug-likeness (QED) is 0.861. The van der Waals surface area contributed by atoms with Crippen LogP contribution in [0.2, 0.25) is 5.02 Å². The predicted molar refractivity (Wildman–Crippen MR) is 84.8 cm³/mol. The Labute approximate surface area is 125 Å². The highest BCUT2D eigenvalue weighted by molar-refractivity contribution is 6.32. The third kappa shape index (κ3) is 3.75. The van der Waals surface area contributed by atoms with E-state index >= 15 is 0 Å². The average molecular weight is 290 g/mol.